The first kappa shape index (κ1) is 12.1. The Bertz CT molecular complexity index is 377. The summed E-state index contributed by atoms with van der Waals surface area (Å²) < 4.78 is 5.58. The molecule has 17 heavy (non-hydrogen) atoms. The monoisotopic (exact) mass is 233 g/mol. The fourth-order valence-corrected chi connectivity index (χ4v) is 2.13. The number of benzene rings is 1. The molecule has 0 unspecified atom stereocenters. The number of carbonyl (C=O) groups is 1. The van der Waals surface area contributed by atoms with Crippen LogP contribution in [0.1, 0.15) is 30.6 Å². The van der Waals surface area contributed by atoms with Crippen LogP contribution in [0.25, 0.3) is 0 Å². The summed E-state index contributed by atoms with van der Waals surface area (Å²) in [7, 11) is 0. The van der Waals surface area contributed by atoms with Gasteiger partial charge in [-0.15, -0.1) is 0 Å². The molecule has 0 aliphatic carbocycles. The number of carbonyl (C=O) groups excluding carboxylic acids is 1. The number of hydrogen-bond acceptors (Lipinski definition) is 3. The molecule has 3 atom stereocenters. The zero-order chi connectivity index (χ0) is 12.3. The van der Waals surface area contributed by atoms with Crippen molar-refractivity contribution in [2.24, 2.45) is 5.92 Å². The summed E-state index contributed by atoms with van der Waals surface area (Å²) in [5.41, 5.74) is 0.630. The van der Waals surface area contributed by atoms with Gasteiger partial charge in [0.2, 0.25) is 0 Å². The van der Waals surface area contributed by atoms with Gasteiger partial charge in [0.25, 0.3) is 0 Å². The minimum atomic E-state index is -0.212. The number of rotatable bonds is 2. The quantitative estimate of drug-likeness (QED) is 0.796. The Hall–Kier alpha value is -1.35. The third kappa shape index (κ3) is 3.07. The maximum absolute atomic E-state index is 11.9. The second-order valence-electron chi connectivity index (χ2n) is 4.83. The molecular weight excluding hydrogens is 214 g/mol. The van der Waals surface area contributed by atoms with Gasteiger partial charge in [0.05, 0.1) is 5.56 Å². The van der Waals surface area contributed by atoms with Crippen LogP contribution in [0.2, 0.25) is 0 Å². The SMILES string of the molecule is C[C@@H]1C[C@@H](OC(=O)c2ccccc2)[C@@H](C)CN1. The predicted molar refractivity (Wildman–Crippen MR) is 66.9 cm³/mol. The maximum atomic E-state index is 11.9. The van der Waals surface area contributed by atoms with Crippen LogP contribution >= 0.6 is 0 Å². The van der Waals surface area contributed by atoms with Gasteiger partial charge in [-0.2, -0.15) is 0 Å². The minimum absolute atomic E-state index is 0.0268. The van der Waals surface area contributed by atoms with E-state index >= 15 is 0 Å². The summed E-state index contributed by atoms with van der Waals surface area (Å²) in [5.74, 6) is 0.162. The Morgan fingerprint density at radius 1 is 1.29 bits per heavy atom. The van der Waals surface area contributed by atoms with Crippen LogP contribution in [-0.4, -0.2) is 24.7 Å². The molecule has 0 saturated carbocycles. The van der Waals surface area contributed by atoms with E-state index in [9.17, 15) is 4.79 Å². The second kappa shape index (κ2) is 5.32. The van der Waals surface area contributed by atoms with Gasteiger partial charge in [-0.25, -0.2) is 4.79 Å². The molecule has 1 aromatic carbocycles. The van der Waals surface area contributed by atoms with Gasteiger partial charge >= 0.3 is 5.97 Å². The normalized spacial score (nSPS) is 28.7. The van der Waals surface area contributed by atoms with Crippen LogP contribution < -0.4 is 5.32 Å². The molecule has 1 aliphatic heterocycles. The molecule has 2 rings (SSSR count). The molecule has 92 valence electrons. The van der Waals surface area contributed by atoms with E-state index in [2.05, 4.69) is 19.2 Å². The topological polar surface area (TPSA) is 38.3 Å². The van der Waals surface area contributed by atoms with Crippen LogP contribution in [-0.2, 0) is 4.74 Å². The molecule has 1 fully saturated rings. The van der Waals surface area contributed by atoms with E-state index < -0.39 is 0 Å². The first-order chi connectivity index (χ1) is 8.16. The Morgan fingerprint density at radius 2 is 2.00 bits per heavy atom. The van der Waals surface area contributed by atoms with Gasteiger partial charge < -0.3 is 10.1 Å². The predicted octanol–water partition coefficient (Wildman–Crippen LogP) is 2.23. The molecule has 1 aliphatic rings. The number of esters is 1. The summed E-state index contributed by atoms with van der Waals surface area (Å²) in [4.78, 5) is 11.9. The van der Waals surface area contributed by atoms with Gasteiger partial charge in [-0.05, 0) is 25.5 Å². The van der Waals surface area contributed by atoms with E-state index in [1.54, 1.807) is 12.1 Å². The van der Waals surface area contributed by atoms with E-state index in [4.69, 9.17) is 4.74 Å². The molecule has 0 spiro atoms. The van der Waals surface area contributed by atoms with Crippen molar-refractivity contribution in [2.75, 3.05) is 6.54 Å². The van der Waals surface area contributed by atoms with Gasteiger partial charge in [-0.3, -0.25) is 0 Å². The number of ether oxygens (including phenoxy) is 1. The Morgan fingerprint density at radius 3 is 2.71 bits per heavy atom. The molecule has 1 saturated heterocycles. The van der Waals surface area contributed by atoms with E-state index in [1.165, 1.54) is 0 Å². The molecule has 1 N–H and O–H groups in total. The lowest BCUT2D eigenvalue weighted by atomic mass is 9.93. The van der Waals surface area contributed by atoms with Crippen LogP contribution in [0.4, 0.5) is 0 Å². The van der Waals surface area contributed by atoms with Crippen molar-refractivity contribution >= 4 is 5.97 Å². The van der Waals surface area contributed by atoms with E-state index in [0.29, 0.717) is 17.5 Å². The highest BCUT2D eigenvalue weighted by Crippen LogP contribution is 2.19. The van der Waals surface area contributed by atoms with Crippen molar-refractivity contribution < 1.29 is 9.53 Å². The van der Waals surface area contributed by atoms with Gasteiger partial charge in [0.1, 0.15) is 6.10 Å². The van der Waals surface area contributed by atoms with Gasteiger partial charge in [0, 0.05) is 18.5 Å². The second-order valence-corrected chi connectivity index (χ2v) is 4.83. The first-order valence-electron chi connectivity index (χ1n) is 6.16. The molecule has 0 aromatic heterocycles. The summed E-state index contributed by atoms with van der Waals surface area (Å²) in [6.45, 7) is 5.14. The number of piperidine rings is 1. The molecular formula is C14H19NO2. The third-order valence-corrected chi connectivity index (χ3v) is 3.28. The lowest BCUT2D eigenvalue weighted by Gasteiger charge is -2.33. The summed E-state index contributed by atoms with van der Waals surface area (Å²) in [5, 5.41) is 3.38. The van der Waals surface area contributed by atoms with Gasteiger partial charge in [0.15, 0.2) is 0 Å². The zero-order valence-corrected chi connectivity index (χ0v) is 10.3. The van der Waals surface area contributed by atoms with Crippen molar-refractivity contribution in [3.05, 3.63) is 35.9 Å². The maximum Gasteiger partial charge on any atom is 0.338 e. The molecule has 3 nitrogen and oxygen atoms in total. The fraction of sp³-hybridized carbons (Fsp3) is 0.500. The van der Waals surface area contributed by atoms with Crippen molar-refractivity contribution in [1.82, 2.24) is 5.32 Å². The highest BCUT2D eigenvalue weighted by atomic mass is 16.5. The highest BCUT2D eigenvalue weighted by molar-refractivity contribution is 5.89. The van der Waals surface area contributed by atoms with E-state index in [1.807, 2.05) is 18.2 Å². The Kier molecular flexibility index (Phi) is 3.79. The van der Waals surface area contributed by atoms with Crippen LogP contribution in [0.5, 0.6) is 0 Å². The largest absolute Gasteiger partial charge is 0.458 e. The molecule has 0 bridgehead atoms. The molecule has 0 amide bonds. The fourth-order valence-electron chi connectivity index (χ4n) is 2.13. The number of nitrogens with one attached hydrogen (secondary N) is 1. The lowest BCUT2D eigenvalue weighted by Crippen LogP contribution is -2.45. The van der Waals surface area contributed by atoms with Crippen molar-refractivity contribution in [2.45, 2.75) is 32.4 Å². The number of hydrogen-bond donors (Lipinski definition) is 1. The standard InChI is InChI=1S/C14H19NO2/c1-10-9-15-11(2)8-13(10)17-14(16)12-6-4-3-5-7-12/h3-7,10-11,13,15H,8-9H2,1-2H3/t10-,11+,13+/m0/s1. The molecule has 1 aromatic rings. The molecule has 0 radical (unpaired) electrons. The highest BCUT2D eigenvalue weighted by Gasteiger charge is 2.28. The van der Waals surface area contributed by atoms with Crippen molar-refractivity contribution in [1.29, 1.82) is 0 Å². The van der Waals surface area contributed by atoms with E-state index in [-0.39, 0.29) is 12.1 Å². The summed E-state index contributed by atoms with van der Waals surface area (Å²) in [6, 6.07) is 9.59. The van der Waals surface area contributed by atoms with E-state index in [0.717, 1.165) is 13.0 Å². The average Bonchev–Trinajstić information content (AvgIpc) is 2.35. The average molecular weight is 233 g/mol. The van der Waals surface area contributed by atoms with Crippen molar-refractivity contribution in [3.63, 3.8) is 0 Å². The Labute approximate surface area is 102 Å². The lowest BCUT2D eigenvalue weighted by molar-refractivity contribution is 0.00287. The zero-order valence-electron chi connectivity index (χ0n) is 10.3. The molecule has 3 heteroatoms. The van der Waals surface area contributed by atoms with Crippen LogP contribution in [0, 0.1) is 5.92 Å². The van der Waals surface area contributed by atoms with Crippen LogP contribution in [0.15, 0.2) is 30.3 Å². The smallest absolute Gasteiger partial charge is 0.338 e. The minimum Gasteiger partial charge on any atom is -0.458 e. The third-order valence-electron chi connectivity index (χ3n) is 3.28. The van der Waals surface area contributed by atoms with Gasteiger partial charge in [-0.1, -0.05) is 25.1 Å². The first-order valence-corrected chi connectivity index (χ1v) is 6.16. The van der Waals surface area contributed by atoms with Crippen molar-refractivity contribution in [3.8, 4) is 0 Å². The summed E-state index contributed by atoms with van der Waals surface area (Å²) in [6.07, 6.45) is 0.915. The van der Waals surface area contributed by atoms with Crippen LogP contribution in [0.3, 0.4) is 0 Å². The Balaban J connectivity index is 1.98. The summed E-state index contributed by atoms with van der Waals surface area (Å²) >= 11 is 0. The molecule has 1 heterocycles.